The molecule has 6 rings (SSSR count). The fourth-order valence-corrected chi connectivity index (χ4v) is 6.26. The maximum atomic E-state index is 13.5. The van der Waals surface area contributed by atoms with Crippen LogP contribution in [0.2, 0.25) is 0 Å². The predicted octanol–water partition coefficient (Wildman–Crippen LogP) is 3.26. The van der Waals surface area contributed by atoms with Crippen LogP contribution < -0.4 is 26.4 Å². The van der Waals surface area contributed by atoms with Crippen LogP contribution in [-0.2, 0) is 11.3 Å². The molecule has 1 aromatic heterocycles. The number of carbonyl (C=O) groups is 3. The number of nitrogens with zero attached hydrogens (tertiary/aromatic N) is 2. The van der Waals surface area contributed by atoms with Crippen LogP contribution in [0.4, 0.5) is 15.8 Å². The number of anilines is 2. The van der Waals surface area contributed by atoms with E-state index in [4.69, 9.17) is 0 Å². The van der Waals surface area contributed by atoms with E-state index in [-0.39, 0.29) is 28.9 Å². The van der Waals surface area contributed by atoms with Crippen molar-refractivity contribution in [2.45, 2.75) is 44.2 Å². The maximum absolute atomic E-state index is 13.5. The molecule has 2 fully saturated rings. The first kappa shape index (κ1) is 26.7. The first-order valence-electron chi connectivity index (χ1n) is 14.1. The van der Waals surface area contributed by atoms with Gasteiger partial charge in [-0.15, -0.1) is 0 Å². The molecule has 212 valence electrons. The summed E-state index contributed by atoms with van der Waals surface area (Å²) in [6.07, 6.45) is 3.23. The van der Waals surface area contributed by atoms with Gasteiger partial charge in [-0.3, -0.25) is 19.2 Å². The van der Waals surface area contributed by atoms with E-state index in [1.54, 1.807) is 24.3 Å². The molecule has 41 heavy (non-hydrogen) atoms. The molecule has 3 aromatic rings. The first-order valence-corrected chi connectivity index (χ1v) is 14.1. The standard InChI is InChI=1S/C31H32FN5O4/c32-23-10-7-20(8-11-23)29(39)35-25-15-21(30(40)34-24-4-1-2-13-33-31(24)41)9-12-27(25)36-16-19-14-22(18-36)26-5-3-6-28(38)37(26)17-19/h3,5-12,15,19,22,24H,1-2,4,13-14,16-18H2,(H,33,41)(H,34,40)(H,35,39). The molecule has 3 aliphatic rings. The summed E-state index contributed by atoms with van der Waals surface area (Å²) >= 11 is 0. The van der Waals surface area contributed by atoms with Gasteiger partial charge in [0.05, 0.1) is 11.4 Å². The number of hydrogen-bond acceptors (Lipinski definition) is 5. The van der Waals surface area contributed by atoms with E-state index in [1.165, 1.54) is 24.3 Å². The highest BCUT2D eigenvalue weighted by Crippen LogP contribution is 2.39. The van der Waals surface area contributed by atoms with E-state index in [9.17, 15) is 23.6 Å². The Morgan fingerprint density at radius 2 is 1.71 bits per heavy atom. The SMILES string of the molecule is O=C(Nc1cc(C(=O)NC2CCCCNC2=O)ccc1N1CC2CC(C1)c1cccc(=O)n1C2)c1ccc(F)cc1. The van der Waals surface area contributed by atoms with Gasteiger partial charge < -0.3 is 25.4 Å². The van der Waals surface area contributed by atoms with Gasteiger partial charge >= 0.3 is 0 Å². The molecule has 4 heterocycles. The van der Waals surface area contributed by atoms with Crippen LogP contribution in [0, 0.1) is 11.7 Å². The summed E-state index contributed by atoms with van der Waals surface area (Å²) in [6, 6.07) is 15.2. The van der Waals surface area contributed by atoms with E-state index >= 15 is 0 Å². The third kappa shape index (κ3) is 5.59. The van der Waals surface area contributed by atoms with Crippen LogP contribution in [0.15, 0.2) is 65.5 Å². The number of aromatic nitrogens is 1. The number of nitrogens with one attached hydrogen (secondary N) is 3. The van der Waals surface area contributed by atoms with Gasteiger partial charge in [0, 0.05) is 55.0 Å². The monoisotopic (exact) mass is 557 g/mol. The number of benzene rings is 2. The van der Waals surface area contributed by atoms with Crippen molar-refractivity contribution in [3.63, 3.8) is 0 Å². The third-order valence-electron chi connectivity index (χ3n) is 8.27. The molecule has 0 spiro atoms. The molecule has 0 saturated carbocycles. The summed E-state index contributed by atoms with van der Waals surface area (Å²) in [5, 5.41) is 8.61. The van der Waals surface area contributed by atoms with Crippen LogP contribution >= 0.6 is 0 Å². The van der Waals surface area contributed by atoms with E-state index in [0.717, 1.165) is 30.6 Å². The molecule has 2 bridgehead atoms. The van der Waals surface area contributed by atoms with E-state index in [1.807, 2.05) is 16.7 Å². The highest BCUT2D eigenvalue weighted by Gasteiger charge is 2.35. The van der Waals surface area contributed by atoms with Crippen molar-refractivity contribution in [3.05, 3.63) is 93.7 Å². The summed E-state index contributed by atoms with van der Waals surface area (Å²) in [5.41, 5.74) is 2.82. The Morgan fingerprint density at radius 3 is 2.54 bits per heavy atom. The molecule has 0 aliphatic carbocycles. The average Bonchev–Trinajstić information content (AvgIpc) is 3.17. The molecule has 2 saturated heterocycles. The minimum absolute atomic E-state index is 0.00983. The van der Waals surface area contributed by atoms with Gasteiger partial charge in [0.1, 0.15) is 11.9 Å². The largest absolute Gasteiger partial charge is 0.369 e. The van der Waals surface area contributed by atoms with E-state index in [2.05, 4.69) is 20.9 Å². The quantitative estimate of drug-likeness (QED) is 0.446. The van der Waals surface area contributed by atoms with Gasteiger partial charge in [-0.05, 0) is 80.1 Å². The third-order valence-corrected chi connectivity index (χ3v) is 8.27. The summed E-state index contributed by atoms with van der Waals surface area (Å²) in [5.74, 6) is -1.08. The number of piperidine rings is 1. The predicted molar refractivity (Wildman–Crippen MR) is 153 cm³/mol. The molecule has 10 heteroatoms. The minimum Gasteiger partial charge on any atom is -0.369 e. The maximum Gasteiger partial charge on any atom is 0.255 e. The van der Waals surface area contributed by atoms with Crippen molar-refractivity contribution in [3.8, 4) is 0 Å². The lowest BCUT2D eigenvalue weighted by Gasteiger charge is -2.44. The number of halogens is 1. The molecular formula is C31H32FN5O4. The second-order valence-electron chi connectivity index (χ2n) is 11.1. The summed E-state index contributed by atoms with van der Waals surface area (Å²) < 4.78 is 15.3. The summed E-state index contributed by atoms with van der Waals surface area (Å²) in [4.78, 5) is 53.5. The van der Waals surface area contributed by atoms with Crippen molar-refractivity contribution in [2.24, 2.45) is 5.92 Å². The molecule has 3 atom stereocenters. The van der Waals surface area contributed by atoms with Crippen molar-refractivity contribution >= 4 is 29.1 Å². The Kier molecular flexibility index (Phi) is 7.30. The van der Waals surface area contributed by atoms with Crippen LogP contribution in [0.1, 0.15) is 58.0 Å². The highest BCUT2D eigenvalue weighted by molar-refractivity contribution is 6.07. The van der Waals surface area contributed by atoms with Gasteiger partial charge in [0.25, 0.3) is 17.4 Å². The van der Waals surface area contributed by atoms with Gasteiger partial charge in [0.2, 0.25) is 5.91 Å². The fourth-order valence-electron chi connectivity index (χ4n) is 6.26. The Balaban J connectivity index is 1.30. The normalized spacial score (nSPS) is 21.7. The lowest BCUT2D eigenvalue weighted by atomic mass is 9.83. The second-order valence-corrected chi connectivity index (χ2v) is 11.1. The molecule has 9 nitrogen and oxygen atoms in total. The van der Waals surface area contributed by atoms with Crippen LogP contribution in [0.25, 0.3) is 0 Å². The number of hydrogen-bond donors (Lipinski definition) is 3. The van der Waals surface area contributed by atoms with Crippen LogP contribution in [0.3, 0.4) is 0 Å². The Morgan fingerprint density at radius 1 is 0.902 bits per heavy atom. The summed E-state index contributed by atoms with van der Waals surface area (Å²) in [6.45, 7) is 2.55. The van der Waals surface area contributed by atoms with Gasteiger partial charge in [-0.25, -0.2) is 4.39 Å². The molecule has 3 unspecified atom stereocenters. The molecular weight excluding hydrogens is 525 g/mol. The van der Waals surface area contributed by atoms with E-state index < -0.39 is 23.7 Å². The highest BCUT2D eigenvalue weighted by atomic mass is 19.1. The smallest absolute Gasteiger partial charge is 0.255 e. The van der Waals surface area contributed by atoms with Crippen LogP contribution in [0.5, 0.6) is 0 Å². The number of amides is 3. The van der Waals surface area contributed by atoms with Crippen molar-refractivity contribution in [1.29, 1.82) is 0 Å². The zero-order valence-corrected chi connectivity index (χ0v) is 22.6. The van der Waals surface area contributed by atoms with Crippen molar-refractivity contribution in [1.82, 2.24) is 15.2 Å². The molecule has 3 aliphatic heterocycles. The number of pyridine rings is 1. The second kappa shape index (κ2) is 11.2. The van der Waals surface area contributed by atoms with E-state index in [0.29, 0.717) is 43.9 Å². The topological polar surface area (TPSA) is 113 Å². The average molecular weight is 558 g/mol. The fraction of sp³-hybridized carbons (Fsp3) is 0.355. The zero-order valence-electron chi connectivity index (χ0n) is 22.6. The lowest BCUT2D eigenvalue weighted by Crippen LogP contribution is -2.47. The molecule has 0 radical (unpaired) electrons. The molecule has 2 aromatic carbocycles. The van der Waals surface area contributed by atoms with Gasteiger partial charge in [0.15, 0.2) is 0 Å². The Labute approximate surface area is 236 Å². The minimum atomic E-state index is -0.619. The number of rotatable bonds is 5. The number of fused-ring (bicyclic) bond motifs is 4. The Hall–Kier alpha value is -4.47. The lowest BCUT2D eigenvalue weighted by molar-refractivity contribution is -0.122. The van der Waals surface area contributed by atoms with Crippen LogP contribution in [-0.4, -0.2) is 48.0 Å². The van der Waals surface area contributed by atoms with Crippen molar-refractivity contribution in [2.75, 3.05) is 29.9 Å². The Bertz CT molecular complexity index is 1550. The number of carbonyl (C=O) groups excluding carboxylic acids is 3. The first-order chi connectivity index (χ1) is 19.9. The summed E-state index contributed by atoms with van der Waals surface area (Å²) in [7, 11) is 0. The van der Waals surface area contributed by atoms with Crippen molar-refractivity contribution < 1.29 is 18.8 Å². The molecule has 3 amide bonds. The van der Waals surface area contributed by atoms with Gasteiger partial charge in [-0.1, -0.05) is 6.07 Å². The molecule has 3 N–H and O–H groups in total. The van der Waals surface area contributed by atoms with Gasteiger partial charge in [-0.2, -0.15) is 0 Å². The zero-order chi connectivity index (χ0) is 28.5.